The first-order valence-corrected chi connectivity index (χ1v) is 11.0. The minimum Gasteiger partial charge on any atom is -0.478 e. The van der Waals surface area contributed by atoms with E-state index < -0.39 is 17.8 Å². The zero-order valence-electron chi connectivity index (χ0n) is 19.2. The van der Waals surface area contributed by atoms with E-state index in [9.17, 15) is 19.5 Å². The van der Waals surface area contributed by atoms with E-state index in [4.69, 9.17) is 12.2 Å². The molecule has 8 heteroatoms. The third-order valence-electron chi connectivity index (χ3n) is 5.69. The molecule has 34 heavy (non-hydrogen) atoms. The van der Waals surface area contributed by atoms with E-state index in [0.717, 1.165) is 22.5 Å². The molecule has 0 aliphatic carbocycles. The summed E-state index contributed by atoms with van der Waals surface area (Å²) in [4.78, 5) is 38.9. The molecular weight excluding hydrogens is 450 g/mol. The van der Waals surface area contributed by atoms with Crippen molar-refractivity contribution in [2.45, 2.75) is 27.7 Å². The number of carboxylic acids is 1. The number of amides is 2. The third kappa shape index (κ3) is 4.15. The van der Waals surface area contributed by atoms with Crippen LogP contribution < -0.4 is 10.2 Å². The molecule has 3 aromatic rings. The first-order valence-electron chi connectivity index (χ1n) is 10.6. The van der Waals surface area contributed by atoms with Gasteiger partial charge in [-0.1, -0.05) is 12.1 Å². The summed E-state index contributed by atoms with van der Waals surface area (Å²) in [5.74, 6) is -2.08. The first kappa shape index (κ1) is 23.1. The van der Waals surface area contributed by atoms with Crippen molar-refractivity contribution in [1.82, 2.24) is 9.88 Å². The van der Waals surface area contributed by atoms with Crippen molar-refractivity contribution in [3.63, 3.8) is 0 Å². The summed E-state index contributed by atoms with van der Waals surface area (Å²) in [6.07, 6.45) is 1.55. The minimum absolute atomic E-state index is 0.0349. The van der Waals surface area contributed by atoms with E-state index in [2.05, 4.69) is 5.32 Å². The smallest absolute Gasteiger partial charge is 0.335 e. The molecule has 0 spiro atoms. The van der Waals surface area contributed by atoms with Gasteiger partial charge in [-0.2, -0.15) is 0 Å². The van der Waals surface area contributed by atoms with Crippen molar-refractivity contribution in [2.24, 2.45) is 0 Å². The molecule has 0 saturated carbocycles. The fourth-order valence-electron chi connectivity index (χ4n) is 4.24. The van der Waals surface area contributed by atoms with Crippen molar-refractivity contribution in [3.8, 4) is 5.69 Å². The number of carboxylic acid groups (broad SMARTS) is 1. The average molecular weight is 474 g/mol. The van der Waals surface area contributed by atoms with Gasteiger partial charge in [-0.05, 0) is 99.1 Å². The molecule has 1 saturated heterocycles. The van der Waals surface area contributed by atoms with E-state index in [1.807, 2.05) is 62.6 Å². The molecule has 0 radical (unpaired) electrons. The lowest BCUT2D eigenvalue weighted by Crippen LogP contribution is -2.54. The van der Waals surface area contributed by atoms with Gasteiger partial charge in [0.15, 0.2) is 5.11 Å². The van der Waals surface area contributed by atoms with Crippen LogP contribution in [0.1, 0.15) is 38.4 Å². The second-order valence-electron chi connectivity index (χ2n) is 8.32. The number of aromatic nitrogens is 1. The number of carbonyl (C=O) groups excluding carboxylic acids is 2. The molecule has 2 heterocycles. The van der Waals surface area contributed by atoms with Crippen LogP contribution in [0.3, 0.4) is 0 Å². The van der Waals surface area contributed by atoms with Crippen molar-refractivity contribution in [1.29, 1.82) is 0 Å². The monoisotopic (exact) mass is 473 g/mol. The summed E-state index contributed by atoms with van der Waals surface area (Å²) in [6.45, 7) is 7.58. The van der Waals surface area contributed by atoms with Crippen molar-refractivity contribution >= 4 is 46.9 Å². The maximum absolute atomic E-state index is 13.4. The second kappa shape index (κ2) is 8.72. The van der Waals surface area contributed by atoms with Crippen LogP contribution in [0.25, 0.3) is 11.8 Å². The van der Waals surface area contributed by atoms with Gasteiger partial charge in [0.05, 0.1) is 11.3 Å². The zero-order chi connectivity index (χ0) is 24.7. The van der Waals surface area contributed by atoms with Gasteiger partial charge in [-0.3, -0.25) is 19.8 Å². The molecule has 7 nitrogen and oxygen atoms in total. The number of anilines is 1. The molecule has 2 amide bonds. The van der Waals surface area contributed by atoms with Crippen LogP contribution in [0.15, 0.2) is 54.1 Å². The Morgan fingerprint density at radius 2 is 1.65 bits per heavy atom. The highest BCUT2D eigenvalue weighted by atomic mass is 32.1. The highest BCUT2D eigenvalue weighted by molar-refractivity contribution is 7.80. The number of hydrogen-bond donors (Lipinski definition) is 2. The molecule has 2 N–H and O–H groups in total. The summed E-state index contributed by atoms with van der Waals surface area (Å²) in [5.41, 5.74) is 5.62. The number of nitrogens with one attached hydrogen (secondary N) is 1. The summed E-state index contributed by atoms with van der Waals surface area (Å²) in [7, 11) is 0. The predicted octanol–water partition coefficient (Wildman–Crippen LogP) is 4.24. The molecule has 1 aromatic heterocycles. The van der Waals surface area contributed by atoms with E-state index >= 15 is 0 Å². The lowest BCUT2D eigenvalue weighted by atomic mass is 10.1. The quantitative estimate of drug-likeness (QED) is 0.336. The van der Waals surface area contributed by atoms with Gasteiger partial charge in [0.25, 0.3) is 11.8 Å². The summed E-state index contributed by atoms with van der Waals surface area (Å²) in [5, 5.41) is 12.0. The summed E-state index contributed by atoms with van der Waals surface area (Å²) >= 11 is 5.31. The van der Waals surface area contributed by atoms with Gasteiger partial charge in [0.2, 0.25) is 0 Å². The topological polar surface area (TPSA) is 91.6 Å². The lowest BCUT2D eigenvalue weighted by molar-refractivity contribution is -0.122. The normalized spacial score (nSPS) is 15.1. The number of benzene rings is 2. The number of rotatable bonds is 4. The van der Waals surface area contributed by atoms with Crippen LogP contribution >= 0.6 is 12.2 Å². The van der Waals surface area contributed by atoms with E-state index in [1.54, 1.807) is 18.2 Å². The molecule has 1 aliphatic heterocycles. The van der Waals surface area contributed by atoms with Crippen LogP contribution in [0.2, 0.25) is 0 Å². The van der Waals surface area contributed by atoms with Crippen molar-refractivity contribution < 1.29 is 19.5 Å². The molecule has 1 aliphatic rings. The minimum atomic E-state index is -1.02. The Morgan fingerprint density at radius 1 is 0.971 bits per heavy atom. The van der Waals surface area contributed by atoms with Crippen molar-refractivity contribution in [2.75, 3.05) is 4.90 Å². The van der Waals surface area contributed by atoms with Crippen molar-refractivity contribution in [3.05, 3.63) is 87.7 Å². The number of hydrogen-bond acceptors (Lipinski definition) is 4. The van der Waals surface area contributed by atoms with Gasteiger partial charge < -0.3 is 9.67 Å². The molecule has 0 atom stereocenters. The maximum Gasteiger partial charge on any atom is 0.335 e. The highest BCUT2D eigenvalue weighted by Crippen LogP contribution is 2.27. The molecule has 4 rings (SSSR count). The summed E-state index contributed by atoms with van der Waals surface area (Å²) in [6, 6.07) is 14.1. The zero-order valence-corrected chi connectivity index (χ0v) is 20.0. The Labute approximate surface area is 202 Å². The van der Waals surface area contributed by atoms with Gasteiger partial charge in [0.1, 0.15) is 5.57 Å². The van der Waals surface area contributed by atoms with E-state index in [1.165, 1.54) is 11.0 Å². The van der Waals surface area contributed by atoms with Gasteiger partial charge in [0, 0.05) is 17.1 Å². The molecule has 0 bridgehead atoms. The molecule has 1 fully saturated rings. The average Bonchev–Trinajstić information content (AvgIpc) is 3.03. The number of thiocarbonyl (C=S) groups is 1. The highest BCUT2D eigenvalue weighted by Gasteiger charge is 2.35. The van der Waals surface area contributed by atoms with Crippen LogP contribution in [0, 0.1) is 27.7 Å². The van der Waals surface area contributed by atoms with Crippen LogP contribution in [-0.2, 0) is 9.59 Å². The number of nitrogens with zero attached hydrogens (tertiary/aromatic N) is 2. The molecule has 0 unspecified atom stereocenters. The third-order valence-corrected chi connectivity index (χ3v) is 5.97. The largest absolute Gasteiger partial charge is 0.478 e. The Bertz CT molecular complexity index is 1400. The van der Waals surface area contributed by atoms with Crippen LogP contribution in [0.5, 0.6) is 0 Å². The Balaban J connectivity index is 1.78. The maximum atomic E-state index is 13.4. The Morgan fingerprint density at radius 3 is 2.29 bits per heavy atom. The predicted molar refractivity (Wildman–Crippen MR) is 134 cm³/mol. The van der Waals surface area contributed by atoms with Gasteiger partial charge in [-0.15, -0.1) is 0 Å². The number of aryl methyl sites for hydroxylation is 3. The Kier molecular flexibility index (Phi) is 5.93. The van der Waals surface area contributed by atoms with E-state index in [-0.39, 0.29) is 16.2 Å². The standard InChI is InChI=1S/C26H23N3O4S/c1-14-8-15(2)10-21(9-14)29-24(31)22(23(30)27-26(29)34)13-19-11-16(3)28(17(19)4)20-7-5-6-18(12-20)25(32)33/h5-13H,1-4H3,(H,32,33)(H,27,30,34)/b22-13+. The van der Waals surface area contributed by atoms with Crippen LogP contribution in [0.4, 0.5) is 5.69 Å². The number of aromatic carboxylic acids is 1. The first-order chi connectivity index (χ1) is 16.1. The van der Waals surface area contributed by atoms with E-state index in [0.29, 0.717) is 16.9 Å². The lowest BCUT2D eigenvalue weighted by Gasteiger charge is -2.29. The van der Waals surface area contributed by atoms with Gasteiger partial charge in [-0.25, -0.2) is 4.79 Å². The Hall–Kier alpha value is -4.04. The second-order valence-corrected chi connectivity index (χ2v) is 8.71. The fraction of sp³-hybridized carbons (Fsp3) is 0.154. The molecule has 2 aromatic carbocycles. The number of carbonyl (C=O) groups is 3. The molecule has 172 valence electrons. The van der Waals surface area contributed by atoms with Crippen LogP contribution in [-0.4, -0.2) is 32.6 Å². The van der Waals surface area contributed by atoms with Gasteiger partial charge >= 0.3 is 5.97 Å². The SMILES string of the molecule is Cc1cc(C)cc(N2C(=O)/C(=C/c3cc(C)n(-c4cccc(C(=O)O)c4)c3C)C(=O)NC2=S)c1. The molecular formula is C26H23N3O4S. The summed E-state index contributed by atoms with van der Waals surface area (Å²) < 4.78 is 1.89. The fourth-order valence-corrected chi connectivity index (χ4v) is 4.52.